The SMILES string of the molecule is COc1nc(NN)nc(NCCCOCC2CC2)n1. The molecule has 8 nitrogen and oxygen atoms in total. The minimum atomic E-state index is 0.218. The summed E-state index contributed by atoms with van der Waals surface area (Å²) in [7, 11) is 1.49. The Balaban J connectivity index is 1.68. The van der Waals surface area contributed by atoms with Crippen LogP contribution in [0.3, 0.4) is 0 Å². The highest BCUT2D eigenvalue weighted by Crippen LogP contribution is 2.28. The maximum absolute atomic E-state index is 5.54. The third-order valence-corrected chi connectivity index (χ3v) is 2.73. The molecule has 0 radical (unpaired) electrons. The lowest BCUT2D eigenvalue weighted by atomic mass is 10.4. The molecule has 1 heterocycles. The Morgan fingerprint density at radius 1 is 1.26 bits per heavy atom. The zero-order chi connectivity index (χ0) is 13.5. The molecule has 0 spiro atoms. The first kappa shape index (κ1) is 13.8. The Labute approximate surface area is 112 Å². The molecular weight excluding hydrogens is 248 g/mol. The summed E-state index contributed by atoms with van der Waals surface area (Å²) >= 11 is 0. The standard InChI is InChI=1S/C11H20N6O2/c1-18-11-15-9(14-10(16-11)17-12)13-5-2-6-19-7-8-3-4-8/h8H,2-7,12H2,1H3,(H2,13,14,15,16,17). The first-order chi connectivity index (χ1) is 9.31. The van der Waals surface area contributed by atoms with Gasteiger partial charge < -0.3 is 14.8 Å². The average Bonchev–Trinajstić information content (AvgIpc) is 3.26. The molecule has 1 aromatic heterocycles. The van der Waals surface area contributed by atoms with Crippen molar-refractivity contribution in [2.45, 2.75) is 19.3 Å². The molecule has 0 saturated heterocycles. The van der Waals surface area contributed by atoms with Gasteiger partial charge in [-0.2, -0.15) is 15.0 Å². The van der Waals surface area contributed by atoms with Gasteiger partial charge in [0, 0.05) is 19.8 Å². The summed E-state index contributed by atoms with van der Waals surface area (Å²) in [6.07, 6.45) is 3.53. The van der Waals surface area contributed by atoms with E-state index < -0.39 is 0 Å². The van der Waals surface area contributed by atoms with Crippen LogP contribution in [-0.4, -0.2) is 41.8 Å². The van der Waals surface area contributed by atoms with E-state index >= 15 is 0 Å². The number of rotatable bonds is 9. The molecule has 1 fully saturated rings. The average molecular weight is 268 g/mol. The number of methoxy groups -OCH3 is 1. The maximum Gasteiger partial charge on any atom is 0.322 e. The molecule has 8 heteroatoms. The number of ether oxygens (including phenoxy) is 2. The Morgan fingerprint density at radius 2 is 2.05 bits per heavy atom. The van der Waals surface area contributed by atoms with Crippen LogP contribution in [0, 0.1) is 5.92 Å². The van der Waals surface area contributed by atoms with Gasteiger partial charge in [0.2, 0.25) is 11.9 Å². The lowest BCUT2D eigenvalue weighted by molar-refractivity contribution is 0.124. The molecule has 1 saturated carbocycles. The molecule has 106 valence electrons. The van der Waals surface area contributed by atoms with Gasteiger partial charge in [-0.15, -0.1) is 0 Å². The number of anilines is 2. The summed E-state index contributed by atoms with van der Waals surface area (Å²) in [5.41, 5.74) is 2.37. The first-order valence-corrected chi connectivity index (χ1v) is 6.40. The van der Waals surface area contributed by atoms with Gasteiger partial charge in [-0.3, -0.25) is 5.43 Å². The highest BCUT2D eigenvalue weighted by Gasteiger charge is 2.20. The largest absolute Gasteiger partial charge is 0.467 e. The molecule has 2 rings (SSSR count). The minimum Gasteiger partial charge on any atom is -0.467 e. The molecule has 19 heavy (non-hydrogen) atoms. The molecule has 0 atom stereocenters. The smallest absolute Gasteiger partial charge is 0.322 e. The predicted octanol–water partition coefficient (Wildman–Crippen LogP) is 0.394. The van der Waals surface area contributed by atoms with Crippen molar-refractivity contribution >= 4 is 11.9 Å². The molecule has 0 amide bonds. The van der Waals surface area contributed by atoms with Crippen LogP contribution in [0.15, 0.2) is 0 Å². The van der Waals surface area contributed by atoms with Gasteiger partial charge in [0.25, 0.3) is 0 Å². The van der Waals surface area contributed by atoms with E-state index in [9.17, 15) is 0 Å². The topological polar surface area (TPSA) is 107 Å². The van der Waals surface area contributed by atoms with Crippen molar-refractivity contribution in [3.05, 3.63) is 0 Å². The molecule has 4 N–H and O–H groups in total. The normalized spacial score (nSPS) is 14.2. The van der Waals surface area contributed by atoms with Gasteiger partial charge in [-0.1, -0.05) is 0 Å². The Hall–Kier alpha value is -1.67. The lowest BCUT2D eigenvalue weighted by Gasteiger charge is -2.07. The highest BCUT2D eigenvalue weighted by molar-refractivity contribution is 5.34. The van der Waals surface area contributed by atoms with E-state index in [2.05, 4.69) is 25.7 Å². The van der Waals surface area contributed by atoms with Gasteiger partial charge in [0.1, 0.15) is 0 Å². The van der Waals surface area contributed by atoms with Crippen LogP contribution in [-0.2, 0) is 4.74 Å². The Morgan fingerprint density at radius 3 is 2.74 bits per heavy atom. The van der Waals surface area contributed by atoms with E-state index in [1.165, 1.54) is 20.0 Å². The fraction of sp³-hybridized carbons (Fsp3) is 0.727. The van der Waals surface area contributed by atoms with Crippen molar-refractivity contribution in [3.8, 4) is 6.01 Å². The summed E-state index contributed by atoms with van der Waals surface area (Å²) < 4.78 is 10.5. The number of hydrogen-bond donors (Lipinski definition) is 3. The molecule has 0 aliphatic heterocycles. The van der Waals surface area contributed by atoms with Crippen LogP contribution < -0.4 is 21.3 Å². The van der Waals surface area contributed by atoms with Gasteiger partial charge >= 0.3 is 6.01 Å². The number of nitrogens with two attached hydrogens (primary N) is 1. The third kappa shape index (κ3) is 4.84. The van der Waals surface area contributed by atoms with Crippen molar-refractivity contribution in [3.63, 3.8) is 0 Å². The number of nitrogen functional groups attached to an aromatic ring is 1. The van der Waals surface area contributed by atoms with Crippen LogP contribution in [0.5, 0.6) is 6.01 Å². The Kier molecular flexibility index (Phi) is 5.10. The van der Waals surface area contributed by atoms with E-state index in [1.54, 1.807) is 0 Å². The van der Waals surface area contributed by atoms with E-state index in [0.717, 1.165) is 32.1 Å². The summed E-state index contributed by atoms with van der Waals surface area (Å²) in [5, 5.41) is 3.08. The van der Waals surface area contributed by atoms with Crippen molar-refractivity contribution in [2.75, 3.05) is 37.6 Å². The third-order valence-electron chi connectivity index (χ3n) is 2.73. The second kappa shape index (κ2) is 7.05. The van der Waals surface area contributed by atoms with Gasteiger partial charge in [-0.25, -0.2) is 5.84 Å². The number of nitrogens with zero attached hydrogens (tertiary/aromatic N) is 3. The van der Waals surface area contributed by atoms with Gasteiger partial charge in [-0.05, 0) is 25.2 Å². The van der Waals surface area contributed by atoms with Crippen molar-refractivity contribution in [1.29, 1.82) is 0 Å². The maximum atomic E-state index is 5.54. The fourth-order valence-corrected chi connectivity index (χ4v) is 1.50. The lowest BCUT2D eigenvalue weighted by Crippen LogP contribution is -2.15. The van der Waals surface area contributed by atoms with Gasteiger partial charge in [0.05, 0.1) is 7.11 Å². The van der Waals surface area contributed by atoms with Crippen LogP contribution >= 0.6 is 0 Å². The zero-order valence-corrected chi connectivity index (χ0v) is 11.1. The summed E-state index contributed by atoms with van der Waals surface area (Å²) in [6, 6.07) is 0.218. The van der Waals surface area contributed by atoms with E-state index in [4.69, 9.17) is 15.3 Å². The second-order valence-corrected chi connectivity index (χ2v) is 4.41. The monoisotopic (exact) mass is 268 g/mol. The summed E-state index contributed by atoms with van der Waals surface area (Å²) in [5.74, 6) is 6.77. The molecule has 0 bridgehead atoms. The van der Waals surface area contributed by atoms with E-state index in [0.29, 0.717) is 5.95 Å². The van der Waals surface area contributed by atoms with Gasteiger partial charge in [0.15, 0.2) is 0 Å². The molecule has 1 aromatic rings. The fourth-order valence-electron chi connectivity index (χ4n) is 1.50. The quantitative estimate of drug-likeness (QED) is 0.335. The molecule has 0 aromatic carbocycles. The van der Waals surface area contributed by atoms with Crippen molar-refractivity contribution in [2.24, 2.45) is 11.8 Å². The highest BCUT2D eigenvalue weighted by atomic mass is 16.5. The molecule has 1 aliphatic rings. The Bertz CT molecular complexity index is 377. The van der Waals surface area contributed by atoms with Crippen LogP contribution in [0.1, 0.15) is 19.3 Å². The molecular formula is C11H20N6O2. The van der Waals surface area contributed by atoms with E-state index in [1.807, 2.05) is 0 Å². The van der Waals surface area contributed by atoms with Crippen LogP contribution in [0.25, 0.3) is 0 Å². The van der Waals surface area contributed by atoms with Crippen LogP contribution in [0.4, 0.5) is 11.9 Å². The van der Waals surface area contributed by atoms with Crippen molar-refractivity contribution < 1.29 is 9.47 Å². The number of aromatic nitrogens is 3. The molecule has 0 unspecified atom stereocenters. The van der Waals surface area contributed by atoms with E-state index in [-0.39, 0.29) is 12.0 Å². The minimum absolute atomic E-state index is 0.218. The van der Waals surface area contributed by atoms with Crippen LogP contribution in [0.2, 0.25) is 0 Å². The first-order valence-electron chi connectivity index (χ1n) is 6.40. The summed E-state index contributed by atoms with van der Waals surface area (Å²) in [4.78, 5) is 12.0. The number of nitrogens with one attached hydrogen (secondary N) is 2. The predicted molar refractivity (Wildman–Crippen MR) is 70.8 cm³/mol. The zero-order valence-electron chi connectivity index (χ0n) is 11.1. The van der Waals surface area contributed by atoms with Crippen molar-refractivity contribution in [1.82, 2.24) is 15.0 Å². The summed E-state index contributed by atoms with van der Waals surface area (Å²) in [6.45, 7) is 2.36. The number of hydrazine groups is 1. The molecule has 1 aliphatic carbocycles. The number of hydrogen-bond acceptors (Lipinski definition) is 8. The second-order valence-electron chi connectivity index (χ2n) is 4.41.